The highest BCUT2D eigenvalue weighted by molar-refractivity contribution is 7.86. The minimum atomic E-state index is -3.41. The topological polar surface area (TPSA) is 43.4 Å². The van der Waals surface area contributed by atoms with Crippen LogP contribution in [0.5, 0.6) is 0 Å². The highest BCUT2D eigenvalue weighted by Crippen LogP contribution is 2.02. The van der Waals surface area contributed by atoms with E-state index in [1.165, 1.54) is 0 Å². The Labute approximate surface area is 97.3 Å². The Hall–Kier alpha value is -0.240. The first-order valence-corrected chi connectivity index (χ1v) is 7.27. The van der Waals surface area contributed by atoms with Gasteiger partial charge in [-0.25, -0.2) is 0 Å². The molecular weight excluding hydrogens is 236 g/mol. The van der Waals surface area contributed by atoms with Crippen LogP contribution in [0.4, 0.5) is 0 Å². The Kier molecular flexibility index (Phi) is 7.85. The van der Waals surface area contributed by atoms with Gasteiger partial charge in [-0.05, 0) is 19.3 Å². The van der Waals surface area contributed by atoms with Crippen molar-refractivity contribution in [1.29, 1.82) is 0 Å². The van der Waals surface area contributed by atoms with Gasteiger partial charge in [-0.1, -0.05) is 12.8 Å². The van der Waals surface area contributed by atoms with E-state index in [2.05, 4.69) is 11.8 Å². The molecule has 0 aromatic heterocycles. The molecule has 0 rings (SSSR count). The monoisotopic (exact) mass is 252 g/mol. The normalized spacial score (nSPS) is 13.0. The van der Waals surface area contributed by atoms with E-state index in [0.717, 1.165) is 25.5 Å². The van der Waals surface area contributed by atoms with Gasteiger partial charge in [0.15, 0.2) is 0 Å². The van der Waals surface area contributed by atoms with Gasteiger partial charge in [-0.3, -0.25) is 4.18 Å². The Bertz CT molecular complexity index is 313. The third-order valence-corrected chi connectivity index (χ3v) is 2.46. The van der Waals surface area contributed by atoms with E-state index in [0.29, 0.717) is 12.3 Å². The summed E-state index contributed by atoms with van der Waals surface area (Å²) in [6, 6.07) is 0. The third kappa shape index (κ3) is 10.1. The van der Waals surface area contributed by atoms with Crippen LogP contribution in [0, 0.1) is 11.8 Å². The summed E-state index contributed by atoms with van der Waals surface area (Å²) in [5.74, 6) is 6.32. The molecule has 5 heteroatoms. The van der Waals surface area contributed by atoms with Gasteiger partial charge in [-0.2, -0.15) is 8.42 Å². The van der Waals surface area contributed by atoms with Crippen LogP contribution in [0.15, 0.2) is 0 Å². The van der Waals surface area contributed by atoms with Crippen LogP contribution >= 0.6 is 11.6 Å². The van der Waals surface area contributed by atoms with Crippen molar-refractivity contribution in [3.05, 3.63) is 0 Å². The number of hydrogen-bond acceptors (Lipinski definition) is 3. The van der Waals surface area contributed by atoms with Crippen molar-refractivity contribution < 1.29 is 12.6 Å². The lowest BCUT2D eigenvalue weighted by atomic mass is 10.2. The lowest BCUT2D eigenvalue weighted by molar-refractivity contribution is 0.262. The summed E-state index contributed by atoms with van der Waals surface area (Å²) in [5, 5.41) is 0. The maximum Gasteiger partial charge on any atom is 0.265 e. The molecule has 0 aliphatic carbocycles. The summed E-state index contributed by atoms with van der Waals surface area (Å²) < 4.78 is 26.4. The Balaban J connectivity index is 3.98. The summed E-state index contributed by atoms with van der Waals surface area (Å²) >= 11 is 5.51. The van der Waals surface area contributed by atoms with E-state index in [9.17, 15) is 8.42 Å². The zero-order valence-electron chi connectivity index (χ0n) is 9.12. The average Bonchev–Trinajstić information content (AvgIpc) is 2.14. The number of halogens is 1. The fourth-order valence-corrected chi connectivity index (χ4v) is 1.69. The lowest BCUT2D eigenvalue weighted by Gasteiger charge is -2.06. The largest absolute Gasteiger partial charge is 0.265 e. The molecule has 0 aromatic rings. The molecule has 1 atom stereocenters. The molecule has 0 aliphatic heterocycles. The van der Waals surface area contributed by atoms with Crippen molar-refractivity contribution in [2.75, 3.05) is 12.1 Å². The quantitative estimate of drug-likeness (QED) is 0.315. The van der Waals surface area contributed by atoms with Crippen LogP contribution in [-0.2, 0) is 14.3 Å². The van der Waals surface area contributed by atoms with Crippen LogP contribution < -0.4 is 0 Å². The highest BCUT2D eigenvalue weighted by Gasteiger charge is 2.09. The second-order valence-corrected chi connectivity index (χ2v) is 5.14. The fraction of sp³-hybridized carbons (Fsp3) is 0.800. The van der Waals surface area contributed by atoms with Gasteiger partial charge < -0.3 is 0 Å². The van der Waals surface area contributed by atoms with E-state index >= 15 is 0 Å². The number of hydrogen-bond donors (Lipinski definition) is 0. The smallest absolute Gasteiger partial charge is 0.254 e. The Morgan fingerprint density at radius 1 is 1.40 bits per heavy atom. The molecule has 0 unspecified atom stereocenters. The van der Waals surface area contributed by atoms with Crippen LogP contribution in [0.3, 0.4) is 0 Å². The van der Waals surface area contributed by atoms with E-state index < -0.39 is 16.2 Å². The second kappa shape index (κ2) is 7.98. The summed E-state index contributed by atoms with van der Waals surface area (Å²) in [6.45, 7) is 1.84. The molecule has 88 valence electrons. The first-order valence-electron chi connectivity index (χ1n) is 4.92. The van der Waals surface area contributed by atoms with Gasteiger partial charge in [0.05, 0.1) is 6.26 Å². The molecule has 3 nitrogen and oxygen atoms in total. The van der Waals surface area contributed by atoms with Crippen LogP contribution in [0.1, 0.15) is 32.6 Å². The van der Waals surface area contributed by atoms with Crippen molar-refractivity contribution in [2.24, 2.45) is 0 Å². The van der Waals surface area contributed by atoms with E-state index in [-0.39, 0.29) is 0 Å². The summed E-state index contributed by atoms with van der Waals surface area (Å²) in [4.78, 5) is 0. The molecule has 0 bridgehead atoms. The molecule has 0 saturated carbocycles. The third-order valence-electron chi connectivity index (χ3n) is 1.61. The molecule has 0 fully saturated rings. The minimum absolute atomic E-state index is 0.518. The van der Waals surface area contributed by atoms with Crippen LogP contribution in [-0.4, -0.2) is 26.7 Å². The molecule has 0 heterocycles. The van der Waals surface area contributed by atoms with E-state index in [4.69, 9.17) is 15.8 Å². The van der Waals surface area contributed by atoms with Gasteiger partial charge >= 0.3 is 0 Å². The van der Waals surface area contributed by atoms with Crippen LogP contribution in [0.2, 0.25) is 0 Å². The summed E-state index contributed by atoms with van der Waals surface area (Å²) in [6.07, 6.45) is 3.68. The van der Waals surface area contributed by atoms with Crippen molar-refractivity contribution in [3.8, 4) is 11.8 Å². The first kappa shape index (κ1) is 14.8. The predicted molar refractivity (Wildman–Crippen MR) is 62.4 cm³/mol. The van der Waals surface area contributed by atoms with Gasteiger partial charge in [0.25, 0.3) is 10.1 Å². The average molecular weight is 253 g/mol. The molecule has 0 aliphatic rings. The lowest BCUT2D eigenvalue weighted by Crippen LogP contribution is -2.14. The maximum atomic E-state index is 10.8. The van der Waals surface area contributed by atoms with Crippen LogP contribution in [0.25, 0.3) is 0 Å². The molecule has 0 saturated heterocycles. The van der Waals surface area contributed by atoms with Gasteiger partial charge in [0, 0.05) is 12.3 Å². The maximum absolute atomic E-state index is 10.8. The Morgan fingerprint density at radius 2 is 2.07 bits per heavy atom. The molecular formula is C10H17ClO3S. The number of unbranched alkanes of at least 4 members (excludes halogenated alkanes) is 2. The number of alkyl halides is 1. The first-order chi connectivity index (χ1) is 6.99. The Morgan fingerprint density at radius 3 is 2.53 bits per heavy atom. The molecule has 0 aromatic carbocycles. The van der Waals surface area contributed by atoms with Gasteiger partial charge in [0.2, 0.25) is 0 Å². The molecule has 0 N–H and O–H groups in total. The fourth-order valence-electron chi connectivity index (χ4n) is 0.899. The van der Waals surface area contributed by atoms with Gasteiger partial charge in [-0.15, -0.1) is 17.5 Å². The van der Waals surface area contributed by atoms with Gasteiger partial charge in [0.1, 0.15) is 6.10 Å². The van der Waals surface area contributed by atoms with Crippen molar-refractivity contribution in [2.45, 2.75) is 38.7 Å². The molecule has 15 heavy (non-hydrogen) atoms. The van der Waals surface area contributed by atoms with Crippen molar-refractivity contribution in [1.82, 2.24) is 0 Å². The van der Waals surface area contributed by atoms with Crippen molar-refractivity contribution in [3.63, 3.8) is 0 Å². The summed E-state index contributed by atoms with van der Waals surface area (Å²) in [5.41, 5.74) is 0. The molecule has 0 radical (unpaired) electrons. The predicted octanol–water partition coefficient (Wildman–Crippen LogP) is 2.15. The number of rotatable bonds is 6. The van der Waals surface area contributed by atoms with E-state index in [1.807, 2.05) is 6.92 Å². The molecule has 0 amide bonds. The summed E-state index contributed by atoms with van der Waals surface area (Å²) in [7, 11) is -3.41. The van der Waals surface area contributed by atoms with Crippen molar-refractivity contribution >= 4 is 21.7 Å². The minimum Gasteiger partial charge on any atom is -0.254 e. The SMILES string of the molecule is CC[C@@H](C#CCCCCCl)OS(C)(=O)=O. The highest BCUT2D eigenvalue weighted by atomic mass is 35.5. The van der Waals surface area contributed by atoms with E-state index in [1.54, 1.807) is 0 Å². The molecule has 0 spiro atoms. The standard InChI is InChI=1S/C10H17ClO3S/c1-3-10(14-15(2,12)13)8-6-4-5-7-9-11/h10H,3-5,7,9H2,1-2H3/t10-/m0/s1. The zero-order valence-corrected chi connectivity index (χ0v) is 10.7. The second-order valence-electron chi connectivity index (χ2n) is 3.16. The zero-order chi connectivity index (χ0) is 11.7.